The fourth-order valence-electron chi connectivity index (χ4n) is 11.0. The SMILES string of the molecule is CC(C)C[C@@H](C(=O)O[C@H](C)C(=O)N(C)[C@@H](CC(C)(C)F)C(=O)O[C@H](Cc1ccc(C2CCOCC2)cc1)C(=O)O)N(C)C(=O)[C@@H](Cc1ccc(C2CCOCC2)cc1)OC(=O)[C@H](CC(C)(C)F)N(C)C(O)[C@@H](C)OC(=O)C1(N(C)C(=O)OC(C)(C)C)CC1. The van der Waals surface area contributed by atoms with Crippen molar-refractivity contribution in [2.45, 2.75) is 230 Å². The molecule has 5 rings (SSSR count). The van der Waals surface area contributed by atoms with Crippen molar-refractivity contribution in [2.75, 3.05) is 54.6 Å². The predicted molar refractivity (Wildman–Crippen MR) is 320 cm³/mol. The molecule has 1 unspecified atom stereocenters. The number of halogens is 2. The largest absolute Gasteiger partial charge is 0.478 e. The van der Waals surface area contributed by atoms with Crippen LogP contribution < -0.4 is 0 Å². The summed E-state index contributed by atoms with van der Waals surface area (Å²) in [6, 6.07) is 9.91. The fraction of sp³-hybridized carbons (Fsp3) is 0.692. The number of alkyl halides is 2. The van der Waals surface area contributed by atoms with Crippen LogP contribution in [-0.4, -0.2) is 203 Å². The molecule has 8 atom stereocenters. The van der Waals surface area contributed by atoms with Crippen molar-refractivity contribution in [3.8, 4) is 0 Å². The van der Waals surface area contributed by atoms with Gasteiger partial charge in [0, 0.05) is 73.3 Å². The number of carbonyl (C=O) groups is 8. The number of carbonyl (C=O) groups excluding carboxylic acids is 7. The van der Waals surface area contributed by atoms with E-state index in [2.05, 4.69) is 0 Å². The fourth-order valence-corrected chi connectivity index (χ4v) is 11.0. The minimum atomic E-state index is -2.09. The number of carboxylic acid groups (broad SMARTS) is 1. The smallest absolute Gasteiger partial charge is 0.410 e. The molecule has 0 radical (unpaired) electrons. The summed E-state index contributed by atoms with van der Waals surface area (Å²) in [5, 5.41) is 21.9. The van der Waals surface area contributed by atoms with E-state index in [0.29, 0.717) is 37.6 Å². The highest BCUT2D eigenvalue weighted by Crippen LogP contribution is 2.43. The third-order valence-corrected chi connectivity index (χ3v) is 16.4. The van der Waals surface area contributed by atoms with Crippen LogP contribution in [0.4, 0.5) is 13.6 Å². The molecule has 23 heteroatoms. The van der Waals surface area contributed by atoms with Crippen LogP contribution in [0.1, 0.15) is 168 Å². The van der Waals surface area contributed by atoms with Gasteiger partial charge < -0.3 is 53.2 Å². The molecule has 3 aliphatic rings. The zero-order chi connectivity index (χ0) is 65.8. The number of amides is 3. The molecule has 2 aliphatic heterocycles. The van der Waals surface area contributed by atoms with Gasteiger partial charge in [0.2, 0.25) is 6.10 Å². The molecule has 88 heavy (non-hydrogen) atoms. The van der Waals surface area contributed by atoms with Gasteiger partial charge >= 0.3 is 35.9 Å². The first kappa shape index (κ1) is 72.4. The maximum absolute atomic E-state index is 15.9. The van der Waals surface area contributed by atoms with E-state index in [0.717, 1.165) is 56.4 Å². The Bertz CT molecular complexity index is 2690. The Hall–Kier alpha value is -6.30. The van der Waals surface area contributed by atoms with Crippen molar-refractivity contribution >= 4 is 47.8 Å². The highest BCUT2D eigenvalue weighted by atomic mass is 19.1. The molecule has 2 N–H and O–H groups in total. The Morgan fingerprint density at radius 3 is 1.45 bits per heavy atom. The molecule has 2 heterocycles. The minimum Gasteiger partial charge on any atom is -0.478 e. The lowest BCUT2D eigenvalue weighted by molar-refractivity contribution is -0.180. The van der Waals surface area contributed by atoms with Crippen LogP contribution in [0, 0.1) is 5.92 Å². The molecule has 492 valence electrons. The quantitative estimate of drug-likeness (QED) is 0.0444. The van der Waals surface area contributed by atoms with Crippen molar-refractivity contribution in [1.29, 1.82) is 0 Å². The van der Waals surface area contributed by atoms with Crippen molar-refractivity contribution in [2.24, 2.45) is 5.92 Å². The van der Waals surface area contributed by atoms with Crippen LogP contribution in [0.2, 0.25) is 0 Å². The molecule has 2 aromatic rings. The molecule has 1 saturated carbocycles. The molecular formula is C65H96F2N4O17. The van der Waals surface area contributed by atoms with Crippen LogP contribution in [0.25, 0.3) is 0 Å². The summed E-state index contributed by atoms with van der Waals surface area (Å²) >= 11 is 0. The van der Waals surface area contributed by atoms with E-state index in [1.165, 1.54) is 69.7 Å². The lowest BCUT2D eigenvalue weighted by Gasteiger charge is -2.37. The number of carboxylic acids is 1. The molecule has 0 aromatic heterocycles. The normalized spacial score (nSPS) is 18.5. The summed E-state index contributed by atoms with van der Waals surface area (Å²) in [4.78, 5) is 116. The number of aliphatic carboxylic acids is 1. The standard InChI is InChI=1S/C65H96F2N4O17/c1-39(2)34-48(57(77)84-40(3)53(72)69(13)50(38-64(10,11)67)59(79)87-52(56(75)76)36-43-18-22-45(23-19-43)47-26-32-83-33-27-47)68(12)55(74)51(35-42-16-20-44(21-17-42)46-24-30-82-31-25-46)86-58(78)49(37-63(8,9)66)70(14)54(73)41(4)85-60(80)65(28-29-65)71(15)61(81)88-62(5,6)7/h16-23,39-41,46-52,54,73H,24-38H2,1-15H3,(H,75,76)/t40-,41-,48+,49+,50+,51-,52-,54?/m1/s1. The van der Waals surface area contributed by atoms with Gasteiger partial charge in [0.1, 0.15) is 52.9 Å². The first-order valence-electron chi connectivity index (χ1n) is 30.6. The molecule has 0 spiro atoms. The Labute approximate surface area is 517 Å². The van der Waals surface area contributed by atoms with E-state index in [4.69, 9.17) is 33.2 Å². The van der Waals surface area contributed by atoms with E-state index in [-0.39, 0.29) is 49.9 Å². The van der Waals surface area contributed by atoms with Gasteiger partial charge in [-0.15, -0.1) is 0 Å². The maximum atomic E-state index is 15.9. The zero-order valence-corrected chi connectivity index (χ0v) is 54.1. The molecule has 3 fully saturated rings. The highest BCUT2D eigenvalue weighted by Gasteiger charge is 2.58. The number of aliphatic hydroxyl groups excluding tert-OH is 1. The Kier molecular flexibility index (Phi) is 25.5. The van der Waals surface area contributed by atoms with Crippen LogP contribution in [0.5, 0.6) is 0 Å². The number of likely N-dealkylation sites (N-methyl/N-ethyl adjacent to an activating group) is 4. The van der Waals surface area contributed by atoms with Gasteiger partial charge in [0.25, 0.3) is 11.8 Å². The first-order valence-corrected chi connectivity index (χ1v) is 30.6. The molecule has 2 saturated heterocycles. The van der Waals surface area contributed by atoms with E-state index in [1.54, 1.807) is 58.9 Å². The molecule has 3 amide bonds. The van der Waals surface area contributed by atoms with Crippen LogP contribution in [-0.2, 0) is 79.6 Å². The lowest BCUT2D eigenvalue weighted by atomic mass is 9.90. The number of esters is 4. The highest BCUT2D eigenvalue weighted by molar-refractivity contribution is 5.92. The van der Waals surface area contributed by atoms with E-state index in [1.807, 2.05) is 24.3 Å². The summed E-state index contributed by atoms with van der Waals surface area (Å²) in [5.41, 5.74) is -3.22. The van der Waals surface area contributed by atoms with Crippen molar-refractivity contribution < 1.29 is 90.5 Å². The summed E-state index contributed by atoms with van der Waals surface area (Å²) < 4.78 is 71.0. The summed E-state index contributed by atoms with van der Waals surface area (Å²) in [7, 11) is 5.16. The monoisotopic (exact) mass is 1240 g/mol. The van der Waals surface area contributed by atoms with Crippen molar-refractivity contribution in [1.82, 2.24) is 19.6 Å². The average Bonchev–Trinajstić information content (AvgIpc) is 1.81. The number of hydrogen-bond donors (Lipinski definition) is 2. The van der Waals surface area contributed by atoms with Crippen molar-refractivity contribution in [3.05, 3.63) is 70.8 Å². The second-order valence-electron chi connectivity index (χ2n) is 26.6. The lowest BCUT2D eigenvalue weighted by Crippen LogP contribution is -2.55. The number of benzene rings is 2. The topological polar surface area (TPSA) is 255 Å². The van der Waals surface area contributed by atoms with Gasteiger partial charge in [-0.3, -0.25) is 24.2 Å². The van der Waals surface area contributed by atoms with Gasteiger partial charge in [0.05, 0.1) is 0 Å². The van der Waals surface area contributed by atoms with Gasteiger partial charge in [-0.1, -0.05) is 62.4 Å². The van der Waals surface area contributed by atoms with Gasteiger partial charge in [-0.2, -0.15) is 0 Å². The summed E-state index contributed by atoms with van der Waals surface area (Å²) in [6.07, 6.45) is -6.93. The number of ether oxygens (including phenoxy) is 7. The number of nitrogens with zero attached hydrogens (tertiary/aromatic N) is 4. The van der Waals surface area contributed by atoms with Crippen molar-refractivity contribution in [3.63, 3.8) is 0 Å². The summed E-state index contributed by atoms with van der Waals surface area (Å²) in [5.74, 6) is -7.42. The minimum absolute atomic E-state index is 0.0445. The van der Waals surface area contributed by atoms with E-state index >= 15 is 13.6 Å². The van der Waals surface area contributed by atoms with Crippen LogP contribution in [0.3, 0.4) is 0 Å². The zero-order valence-electron chi connectivity index (χ0n) is 54.1. The molecule has 0 bridgehead atoms. The second-order valence-corrected chi connectivity index (χ2v) is 26.6. The van der Waals surface area contributed by atoms with Gasteiger partial charge in [0.15, 0.2) is 12.2 Å². The second kappa shape index (κ2) is 30.9. The Morgan fingerprint density at radius 2 is 1.02 bits per heavy atom. The molecular weight excluding hydrogens is 1150 g/mol. The third kappa shape index (κ3) is 20.9. The molecule has 2 aromatic carbocycles. The third-order valence-electron chi connectivity index (χ3n) is 16.4. The van der Waals surface area contributed by atoms with Crippen LogP contribution >= 0.6 is 0 Å². The van der Waals surface area contributed by atoms with E-state index < -0.39 is 132 Å². The molecule has 21 nitrogen and oxygen atoms in total. The molecule has 1 aliphatic carbocycles. The first-order chi connectivity index (χ1) is 40.9. The summed E-state index contributed by atoms with van der Waals surface area (Å²) in [6.45, 7) is 18.4. The maximum Gasteiger partial charge on any atom is 0.410 e. The number of rotatable bonds is 29. The van der Waals surface area contributed by atoms with Gasteiger partial charge in [-0.25, -0.2) is 32.8 Å². The number of aliphatic hydroxyl groups is 1. The average molecular weight is 1240 g/mol. The van der Waals surface area contributed by atoms with Gasteiger partial charge in [-0.05, 0) is 154 Å². The Balaban J connectivity index is 1.37. The Morgan fingerprint density at radius 1 is 0.602 bits per heavy atom. The van der Waals surface area contributed by atoms with Crippen LogP contribution in [0.15, 0.2) is 48.5 Å². The predicted octanol–water partition coefficient (Wildman–Crippen LogP) is 8.03. The van der Waals surface area contributed by atoms with E-state index in [9.17, 15) is 43.8 Å². The number of hydrogen-bond acceptors (Lipinski definition) is 17.